The van der Waals surface area contributed by atoms with Crippen LogP contribution in [-0.2, 0) is 0 Å². The van der Waals surface area contributed by atoms with Gasteiger partial charge in [0.2, 0.25) is 0 Å². The van der Waals surface area contributed by atoms with E-state index < -0.39 is 0 Å². The number of fused-ring (bicyclic) bond motifs is 1. The molecule has 4 nitrogen and oxygen atoms in total. The molecule has 0 aliphatic heterocycles. The van der Waals surface area contributed by atoms with Crippen LogP contribution in [0.4, 0.5) is 5.69 Å². The Labute approximate surface area is 130 Å². The van der Waals surface area contributed by atoms with Gasteiger partial charge in [-0.25, -0.2) is 4.85 Å². The highest BCUT2D eigenvalue weighted by molar-refractivity contribution is 5.82. The van der Waals surface area contributed by atoms with Crippen LogP contribution in [-0.4, -0.2) is 23.4 Å². The van der Waals surface area contributed by atoms with Crippen LogP contribution in [0.3, 0.4) is 0 Å². The summed E-state index contributed by atoms with van der Waals surface area (Å²) in [7, 11) is 1.96. The minimum atomic E-state index is 0.192. The van der Waals surface area contributed by atoms with E-state index in [1.807, 2.05) is 42.2 Å². The molecule has 0 fully saturated rings. The number of hydrogen-bond donors (Lipinski definition) is 1. The van der Waals surface area contributed by atoms with Crippen molar-refractivity contribution in [3.05, 3.63) is 71.7 Å². The zero-order chi connectivity index (χ0) is 15.4. The van der Waals surface area contributed by atoms with Crippen molar-refractivity contribution in [1.82, 2.24) is 15.1 Å². The SMILES string of the molecule is [C-]#[N+]c1ccc2nn(C(CCNC)c3ccccc3)cc2c1. The predicted molar refractivity (Wildman–Crippen MR) is 89.1 cm³/mol. The fraction of sp³-hybridized carbons (Fsp3) is 0.222. The van der Waals surface area contributed by atoms with Gasteiger partial charge in [-0.15, -0.1) is 0 Å². The lowest BCUT2D eigenvalue weighted by Gasteiger charge is -2.18. The first-order valence-corrected chi connectivity index (χ1v) is 7.38. The highest BCUT2D eigenvalue weighted by Gasteiger charge is 2.15. The Kier molecular flexibility index (Phi) is 4.17. The van der Waals surface area contributed by atoms with Crippen molar-refractivity contribution in [3.63, 3.8) is 0 Å². The van der Waals surface area contributed by atoms with Crippen LogP contribution in [0.15, 0.2) is 54.7 Å². The largest absolute Gasteiger partial charge is 0.320 e. The minimum Gasteiger partial charge on any atom is -0.320 e. The molecular weight excluding hydrogens is 272 g/mol. The Bertz CT molecular complexity index is 799. The van der Waals surface area contributed by atoms with Crippen molar-refractivity contribution in [1.29, 1.82) is 0 Å². The number of hydrogen-bond acceptors (Lipinski definition) is 2. The molecule has 1 heterocycles. The molecule has 0 spiro atoms. The highest BCUT2D eigenvalue weighted by Crippen LogP contribution is 2.26. The molecule has 22 heavy (non-hydrogen) atoms. The van der Waals surface area contributed by atoms with Crippen molar-refractivity contribution in [3.8, 4) is 0 Å². The van der Waals surface area contributed by atoms with Crippen LogP contribution < -0.4 is 5.32 Å². The second-order valence-corrected chi connectivity index (χ2v) is 5.28. The molecule has 0 saturated heterocycles. The number of nitrogens with one attached hydrogen (secondary N) is 1. The van der Waals surface area contributed by atoms with E-state index in [1.165, 1.54) is 5.56 Å². The molecular formula is C18H18N4. The Morgan fingerprint density at radius 1 is 1.23 bits per heavy atom. The molecule has 2 aromatic carbocycles. The topological polar surface area (TPSA) is 34.2 Å². The molecule has 0 aliphatic rings. The van der Waals surface area contributed by atoms with Gasteiger partial charge in [0.05, 0.1) is 18.1 Å². The second-order valence-electron chi connectivity index (χ2n) is 5.28. The molecule has 1 unspecified atom stereocenters. The third-order valence-electron chi connectivity index (χ3n) is 3.81. The first-order chi connectivity index (χ1) is 10.8. The molecule has 0 aliphatic carbocycles. The van der Waals surface area contributed by atoms with Crippen LogP contribution in [0.1, 0.15) is 18.0 Å². The lowest BCUT2D eigenvalue weighted by atomic mass is 10.0. The second kappa shape index (κ2) is 6.42. The van der Waals surface area contributed by atoms with E-state index in [1.54, 1.807) is 0 Å². The monoisotopic (exact) mass is 290 g/mol. The molecule has 0 radical (unpaired) electrons. The van der Waals surface area contributed by atoms with Gasteiger partial charge >= 0.3 is 0 Å². The summed E-state index contributed by atoms with van der Waals surface area (Å²) in [6, 6.07) is 16.2. The Morgan fingerprint density at radius 3 is 2.77 bits per heavy atom. The van der Waals surface area contributed by atoms with E-state index in [2.05, 4.69) is 34.4 Å². The lowest BCUT2D eigenvalue weighted by molar-refractivity contribution is 0.484. The summed E-state index contributed by atoms with van der Waals surface area (Å²) in [6.45, 7) is 8.04. The minimum absolute atomic E-state index is 0.192. The van der Waals surface area contributed by atoms with Crippen LogP contribution in [0.2, 0.25) is 0 Å². The molecule has 1 atom stereocenters. The average Bonchev–Trinajstić information content (AvgIpc) is 2.98. The zero-order valence-electron chi connectivity index (χ0n) is 12.5. The average molecular weight is 290 g/mol. The maximum Gasteiger partial charge on any atom is 0.188 e. The molecule has 3 rings (SSSR count). The fourth-order valence-corrected chi connectivity index (χ4v) is 2.67. The molecule has 4 heteroatoms. The summed E-state index contributed by atoms with van der Waals surface area (Å²) < 4.78 is 2.02. The highest BCUT2D eigenvalue weighted by atomic mass is 15.3. The molecule has 3 aromatic rings. The molecule has 0 amide bonds. The van der Waals surface area contributed by atoms with E-state index in [0.717, 1.165) is 23.9 Å². The van der Waals surface area contributed by atoms with Crippen molar-refractivity contribution >= 4 is 16.6 Å². The lowest BCUT2D eigenvalue weighted by Crippen LogP contribution is -2.18. The van der Waals surface area contributed by atoms with Crippen LogP contribution in [0.25, 0.3) is 15.7 Å². The van der Waals surface area contributed by atoms with E-state index in [-0.39, 0.29) is 6.04 Å². The van der Waals surface area contributed by atoms with Crippen LogP contribution >= 0.6 is 0 Å². The molecule has 0 bridgehead atoms. The van der Waals surface area contributed by atoms with Crippen LogP contribution in [0.5, 0.6) is 0 Å². The summed E-state index contributed by atoms with van der Waals surface area (Å²) >= 11 is 0. The summed E-state index contributed by atoms with van der Waals surface area (Å²) in [5.41, 5.74) is 2.83. The van der Waals surface area contributed by atoms with Gasteiger partial charge < -0.3 is 5.32 Å². The van der Waals surface area contributed by atoms with Gasteiger partial charge in [-0.1, -0.05) is 36.4 Å². The normalized spacial score (nSPS) is 12.2. The van der Waals surface area contributed by atoms with Gasteiger partial charge in [0, 0.05) is 11.6 Å². The predicted octanol–water partition coefficient (Wildman–Crippen LogP) is 3.79. The summed E-state index contributed by atoms with van der Waals surface area (Å²) in [4.78, 5) is 3.49. The maximum atomic E-state index is 7.13. The van der Waals surface area contributed by atoms with Gasteiger partial charge in [0.25, 0.3) is 0 Å². The van der Waals surface area contributed by atoms with E-state index in [4.69, 9.17) is 11.7 Å². The molecule has 0 saturated carbocycles. The molecule has 1 aromatic heterocycles. The smallest absolute Gasteiger partial charge is 0.188 e. The summed E-state index contributed by atoms with van der Waals surface area (Å²) in [5, 5.41) is 8.93. The van der Waals surface area contributed by atoms with Gasteiger partial charge in [-0.3, -0.25) is 4.68 Å². The van der Waals surface area contributed by atoms with Crippen molar-refractivity contribution < 1.29 is 0 Å². The third-order valence-corrected chi connectivity index (χ3v) is 3.81. The molecule has 110 valence electrons. The Hall–Kier alpha value is -2.64. The number of benzene rings is 2. The van der Waals surface area contributed by atoms with E-state index in [9.17, 15) is 0 Å². The van der Waals surface area contributed by atoms with E-state index in [0.29, 0.717) is 5.69 Å². The van der Waals surface area contributed by atoms with Gasteiger partial charge in [-0.2, -0.15) is 5.10 Å². The third kappa shape index (κ3) is 2.85. The molecule has 1 N–H and O–H groups in total. The van der Waals surface area contributed by atoms with Crippen molar-refractivity contribution in [2.75, 3.05) is 13.6 Å². The number of nitrogens with zero attached hydrogens (tertiary/aromatic N) is 3. The van der Waals surface area contributed by atoms with Gasteiger partial charge in [0.1, 0.15) is 0 Å². The van der Waals surface area contributed by atoms with E-state index >= 15 is 0 Å². The summed E-state index contributed by atoms with van der Waals surface area (Å²) in [6.07, 6.45) is 3.00. The first kappa shape index (κ1) is 14.3. The quantitative estimate of drug-likeness (QED) is 0.725. The maximum absolute atomic E-state index is 7.13. The Balaban J connectivity index is 2.02. The standard InChI is InChI=1S/C18H18N4/c1-19-11-10-18(14-6-4-3-5-7-14)22-13-15-12-16(20-2)8-9-17(15)21-22/h3-9,12-13,18-19H,10-11H2,1H3. The van der Waals surface area contributed by atoms with Crippen molar-refractivity contribution in [2.45, 2.75) is 12.5 Å². The number of rotatable bonds is 5. The van der Waals surface area contributed by atoms with Crippen molar-refractivity contribution in [2.24, 2.45) is 0 Å². The zero-order valence-corrected chi connectivity index (χ0v) is 12.5. The first-order valence-electron chi connectivity index (χ1n) is 7.38. The van der Waals surface area contributed by atoms with Crippen LogP contribution in [0, 0.1) is 6.57 Å². The van der Waals surface area contributed by atoms with Gasteiger partial charge in [-0.05, 0) is 37.7 Å². The number of aromatic nitrogens is 2. The van der Waals surface area contributed by atoms with Gasteiger partial charge in [0.15, 0.2) is 5.69 Å². The Morgan fingerprint density at radius 2 is 2.05 bits per heavy atom. The fourth-order valence-electron chi connectivity index (χ4n) is 2.67. The summed E-state index contributed by atoms with van der Waals surface area (Å²) in [5.74, 6) is 0.